The van der Waals surface area contributed by atoms with Crippen LogP contribution in [0.4, 0.5) is 0 Å². The highest BCUT2D eigenvalue weighted by Gasteiger charge is 2.06. The molecule has 2 N–H and O–H groups in total. The Labute approximate surface area is 178 Å². The number of nitrogens with one attached hydrogen (secondary N) is 2. The summed E-state index contributed by atoms with van der Waals surface area (Å²) in [6, 6.07) is 6.27. The normalized spacial score (nSPS) is 11.5. The van der Waals surface area contributed by atoms with Gasteiger partial charge in [0.1, 0.15) is 5.75 Å². The van der Waals surface area contributed by atoms with Gasteiger partial charge in [0.2, 0.25) is 0 Å². The second-order valence-corrected chi connectivity index (χ2v) is 7.86. The maximum Gasteiger partial charge on any atom is 0.191 e. The van der Waals surface area contributed by atoms with Gasteiger partial charge in [-0.25, -0.2) is 9.98 Å². The van der Waals surface area contributed by atoms with Crippen molar-refractivity contribution in [2.24, 2.45) is 4.99 Å². The Morgan fingerprint density at radius 1 is 1.17 bits per heavy atom. The summed E-state index contributed by atoms with van der Waals surface area (Å²) in [7, 11) is 1.71. The average Bonchev–Trinajstić information content (AvgIpc) is 3.12. The summed E-state index contributed by atoms with van der Waals surface area (Å²) in [6.45, 7) is 9.79. The van der Waals surface area contributed by atoms with Crippen molar-refractivity contribution in [2.75, 3.05) is 33.4 Å². The summed E-state index contributed by atoms with van der Waals surface area (Å²) in [5, 5.41) is 10.0. The Hall–Kier alpha value is -2.12. The van der Waals surface area contributed by atoms with Crippen LogP contribution in [0.3, 0.4) is 0 Å². The van der Waals surface area contributed by atoms with Crippen LogP contribution in [0.5, 0.6) is 5.75 Å². The Morgan fingerprint density at radius 3 is 2.76 bits per heavy atom. The van der Waals surface area contributed by atoms with Gasteiger partial charge in [0.25, 0.3) is 0 Å². The first-order valence-corrected chi connectivity index (χ1v) is 11.1. The lowest BCUT2D eigenvalue weighted by atomic mass is 10.1. The van der Waals surface area contributed by atoms with Gasteiger partial charge in [0, 0.05) is 56.3 Å². The van der Waals surface area contributed by atoms with Crippen LogP contribution in [-0.4, -0.2) is 44.4 Å². The number of ether oxygens (including phenoxy) is 2. The third-order valence-electron chi connectivity index (χ3n) is 4.25. The predicted molar refractivity (Wildman–Crippen MR) is 121 cm³/mol. The summed E-state index contributed by atoms with van der Waals surface area (Å²) >= 11 is 1.73. The van der Waals surface area contributed by atoms with Crippen LogP contribution in [0.25, 0.3) is 0 Å². The number of rotatable bonds is 12. The molecule has 0 aliphatic rings. The molecule has 1 aromatic carbocycles. The van der Waals surface area contributed by atoms with Crippen molar-refractivity contribution in [1.82, 2.24) is 15.6 Å². The molecule has 0 saturated heterocycles. The summed E-state index contributed by atoms with van der Waals surface area (Å²) in [5.41, 5.74) is 3.37. The lowest BCUT2D eigenvalue weighted by Crippen LogP contribution is -2.37. The molecular weight excluding hydrogens is 384 g/mol. The molecule has 1 aromatic heterocycles. The first kappa shape index (κ1) is 23.2. The minimum absolute atomic E-state index is 0.570. The zero-order valence-corrected chi connectivity index (χ0v) is 18.9. The van der Waals surface area contributed by atoms with Gasteiger partial charge in [-0.15, -0.1) is 11.3 Å². The molecule has 6 nitrogen and oxygen atoms in total. The average molecular weight is 419 g/mol. The summed E-state index contributed by atoms with van der Waals surface area (Å²) in [4.78, 5) is 9.26. The van der Waals surface area contributed by atoms with Gasteiger partial charge in [-0.3, -0.25) is 0 Å². The molecule has 0 unspecified atom stereocenters. The summed E-state index contributed by atoms with van der Waals surface area (Å²) < 4.78 is 11.1. The molecule has 0 fully saturated rings. The van der Waals surface area contributed by atoms with Crippen molar-refractivity contribution < 1.29 is 9.47 Å². The van der Waals surface area contributed by atoms with Crippen molar-refractivity contribution in [3.8, 4) is 5.75 Å². The van der Waals surface area contributed by atoms with E-state index in [1.807, 2.05) is 6.92 Å². The topological polar surface area (TPSA) is 67.8 Å². The third-order valence-corrected chi connectivity index (χ3v) is 5.28. The minimum atomic E-state index is 0.570. The van der Waals surface area contributed by atoms with Crippen LogP contribution in [0, 0.1) is 13.8 Å². The quantitative estimate of drug-likeness (QED) is 0.311. The third kappa shape index (κ3) is 8.83. The van der Waals surface area contributed by atoms with Crippen LogP contribution < -0.4 is 15.4 Å². The van der Waals surface area contributed by atoms with Crippen molar-refractivity contribution in [2.45, 2.75) is 46.6 Å². The number of nitrogens with zero attached hydrogens (tertiary/aromatic N) is 2. The molecule has 0 bridgehead atoms. The zero-order chi connectivity index (χ0) is 20.9. The molecule has 29 heavy (non-hydrogen) atoms. The Morgan fingerprint density at radius 2 is 2.03 bits per heavy atom. The highest BCUT2D eigenvalue weighted by molar-refractivity contribution is 7.09. The molecule has 0 spiro atoms. The molecule has 1 heterocycles. The Bertz CT molecular complexity index is 761. The van der Waals surface area contributed by atoms with Crippen LogP contribution in [-0.2, 0) is 17.7 Å². The second-order valence-electron chi connectivity index (χ2n) is 6.91. The van der Waals surface area contributed by atoms with E-state index in [4.69, 9.17) is 14.5 Å². The molecule has 0 atom stereocenters. The van der Waals surface area contributed by atoms with Gasteiger partial charge >= 0.3 is 0 Å². The van der Waals surface area contributed by atoms with E-state index in [9.17, 15) is 0 Å². The van der Waals surface area contributed by atoms with Crippen molar-refractivity contribution in [3.05, 3.63) is 45.4 Å². The van der Waals surface area contributed by atoms with Gasteiger partial charge in [-0.05, 0) is 38.8 Å². The van der Waals surface area contributed by atoms with E-state index in [2.05, 4.69) is 53.0 Å². The molecular formula is C22H34N4O2S. The smallest absolute Gasteiger partial charge is 0.191 e. The number of aromatic nitrogens is 1. The van der Waals surface area contributed by atoms with Gasteiger partial charge in [0.05, 0.1) is 18.2 Å². The maximum absolute atomic E-state index is 5.97. The van der Waals surface area contributed by atoms with Crippen LogP contribution in [0.2, 0.25) is 0 Å². The SMILES string of the molecule is CCNC(=NCc1ccc(C)cc1OCCCOC)NCCCc1nc(C)cs1. The van der Waals surface area contributed by atoms with Gasteiger partial charge in [-0.2, -0.15) is 0 Å². The number of benzene rings is 1. The summed E-state index contributed by atoms with van der Waals surface area (Å²) in [6.07, 6.45) is 2.88. The monoisotopic (exact) mass is 418 g/mol. The lowest BCUT2D eigenvalue weighted by molar-refractivity contribution is 0.172. The summed E-state index contributed by atoms with van der Waals surface area (Å²) in [5.74, 6) is 1.73. The number of thiazole rings is 1. The first-order valence-electron chi connectivity index (χ1n) is 10.3. The number of aliphatic imine (C=N–C) groups is 1. The lowest BCUT2D eigenvalue weighted by Gasteiger charge is -2.13. The second kappa shape index (κ2) is 13.2. The molecule has 0 radical (unpaired) electrons. The largest absolute Gasteiger partial charge is 0.493 e. The number of hydrogen-bond acceptors (Lipinski definition) is 5. The highest BCUT2D eigenvalue weighted by atomic mass is 32.1. The fraction of sp³-hybridized carbons (Fsp3) is 0.545. The maximum atomic E-state index is 5.97. The van der Waals surface area contributed by atoms with Gasteiger partial charge in [0.15, 0.2) is 5.96 Å². The number of hydrogen-bond donors (Lipinski definition) is 2. The van der Waals surface area contributed by atoms with E-state index in [-0.39, 0.29) is 0 Å². The molecule has 0 aliphatic heterocycles. The number of methoxy groups -OCH3 is 1. The highest BCUT2D eigenvalue weighted by Crippen LogP contribution is 2.21. The fourth-order valence-electron chi connectivity index (χ4n) is 2.78. The standard InChI is InChI=1S/C22H34N4O2S/c1-5-23-22(24-11-6-8-21-26-18(3)16-29-21)25-15-19-10-9-17(2)14-20(19)28-13-7-12-27-4/h9-10,14,16H,5-8,11-13,15H2,1-4H3,(H2,23,24,25). The minimum Gasteiger partial charge on any atom is -0.493 e. The van der Waals surface area contributed by atoms with Crippen molar-refractivity contribution in [1.29, 1.82) is 0 Å². The number of aryl methyl sites for hydroxylation is 3. The van der Waals surface area contributed by atoms with E-state index in [0.29, 0.717) is 19.8 Å². The van der Waals surface area contributed by atoms with Crippen LogP contribution >= 0.6 is 11.3 Å². The van der Waals surface area contributed by atoms with E-state index >= 15 is 0 Å². The van der Waals surface area contributed by atoms with Crippen molar-refractivity contribution in [3.63, 3.8) is 0 Å². The molecule has 0 amide bonds. The zero-order valence-electron chi connectivity index (χ0n) is 18.1. The van der Waals surface area contributed by atoms with E-state index in [1.165, 1.54) is 10.6 Å². The Balaban J connectivity index is 1.89. The van der Waals surface area contributed by atoms with Crippen LogP contribution in [0.15, 0.2) is 28.6 Å². The first-order chi connectivity index (χ1) is 14.1. The number of guanidine groups is 1. The molecule has 0 aliphatic carbocycles. The fourth-order valence-corrected chi connectivity index (χ4v) is 3.60. The van der Waals surface area contributed by atoms with Crippen LogP contribution in [0.1, 0.15) is 41.6 Å². The van der Waals surface area contributed by atoms with Gasteiger partial charge < -0.3 is 20.1 Å². The van der Waals surface area contributed by atoms with E-state index in [0.717, 1.165) is 55.3 Å². The van der Waals surface area contributed by atoms with E-state index < -0.39 is 0 Å². The van der Waals surface area contributed by atoms with E-state index in [1.54, 1.807) is 18.4 Å². The van der Waals surface area contributed by atoms with Gasteiger partial charge in [-0.1, -0.05) is 12.1 Å². The molecule has 0 saturated carbocycles. The molecule has 7 heteroatoms. The predicted octanol–water partition coefficient (Wildman–Crippen LogP) is 3.86. The molecule has 160 valence electrons. The Kier molecular flexibility index (Phi) is 10.5. The molecule has 2 aromatic rings. The van der Waals surface area contributed by atoms with Crippen molar-refractivity contribution >= 4 is 17.3 Å². The molecule has 2 rings (SSSR count).